The first-order valence-corrected chi connectivity index (χ1v) is 14.0. The van der Waals surface area contributed by atoms with Gasteiger partial charge in [-0.05, 0) is 39.1 Å². The van der Waals surface area contributed by atoms with Gasteiger partial charge in [0.15, 0.2) is 0 Å². The van der Waals surface area contributed by atoms with E-state index in [0.29, 0.717) is 35.5 Å². The number of methoxy groups -OCH3 is 1. The van der Waals surface area contributed by atoms with E-state index in [0.717, 1.165) is 46.5 Å². The number of para-hydroxylation sites is 1. The van der Waals surface area contributed by atoms with Gasteiger partial charge in [-0.15, -0.1) is 0 Å². The van der Waals surface area contributed by atoms with Crippen LogP contribution in [-0.2, 0) is 4.79 Å². The fourth-order valence-corrected chi connectivity index (χ4v) is 5.23. The SMILES string of the molecule is COc1cc(N(C)CCN(C)C)c(NC=O)cc1Nc1ncc(-c2cn[nH]c2)c(-c2cn(C3CC3)c3ccccc23)n1. The Balaban J connectivity index is 1.43. The van der Waals surface area contributed by atoms with E-state index in [1.54, 1.807) is 13.3 Å². The van der Waals surface area contributed by atoms with Crippen molar-refractivity contribution in [1.29, 1.82) is 0 Å². The third-order valence-corrected chi connectivity index (χ3v) is 7.61. The zero-order chi connectivity index (χ0) is 29.2. The summed E-state index contributed by atoms with van der Waals surface area (Å²) in [6.45, 7) is 1.63. The van der Waals surface area contributed by atoms with Crippen LogP contribution in [0.25, 0.3) is 33.3 Å². The van der Waals surface area contributed by atoms with E-state index >= 15 is 0 Å². The maximum atomic E-state index is 11.5. The number of likely N-dealkylation sites (N-methyl/N-ethyl adjacent to an activating group) is 2. The molecule has 11 nitrogen and oxygen atoms in total. The van der Waals surface area contributed by atoms with E-state index < -0.39 is 0 Å². The summed E-state index contributed by atoms with van der Waals surface area (Å²) < 4.78 is 8.14. The molecule has 42 heavy (non-hydrogen) atoms. The second kappa shape index (κ2) is 11.5. The maximum Gasteiger partial charge on any atom is 0.227 e. The summed E-state index contributed by atoms with van der Waals surface area (Å²) in [6, 6.07) is 12.7. The number of carbonyl (C=O) groups is 1. The summed E-state index contributed by atoms with van der Waals surface area (Å²) in [7, 11) is 7.67. The van der Waals surface area contributed by atoms with Gasteiger partial charge in [0.1, 0.15) is 5.75 Å². The van der Waals surface area contributed by atoms with Crippen molar-refractivity contribution in [1.82, 2.24) is 29.6 Å². The van der Waals surface area contributed by atoms with Gasteiger partial charge >= 0.3 is 0 Å². The molecule has 216 valence electrons. The molecule has 1 fully saturated rings. The minimum atomic E-state index is 0.407. The molecule has 3 N–H and O–H groups in total. The van der Waals surface area contributed by atoms with Crippen molar-refractivity contribution in [2.45, 2.75) is 18.9 Å². The molecule has 0 saturated heterocycles. The van der Waals surface area contributed by atoms with Crippen LogP contribution >= 0.6 is 0 Å². The monoisotopic (exact) mass is 565 g/mol. The topological polar surface area (TPSA) is 116 Å². The van der Waals surface area contributed by atoms with Crippen LogP contribution in [0.1, 0.15) is 18.9 Å². The van der Waals surface area contributed by atoms with Crippen LogP contribution in [0.15, 0.2) is 61.2 Å². The molecule has 0 spiro atoms. The van der Waals surface area contributed by atoms with Crippen LogP contribution in [0.2, 0.25) is 0 Å². The Hall–Kier alpha value is -4.90. The number of rotatable bonds is 12. The minimum Gasteiger partial charge on any atom is -0.494 e. The number of aromatic amines is 1. The lowest BCUT2D eigenvalue weighted by Crippen LogP contribution is -2.29. The number of nitrogens with one attached hydrogen (secondary N) is 3. The molecular weight excluding hydrogens is 530 g/mol. The van der Waals surface area contributed by atoms with E-state index in [4.69, 9.17) is 9.72 Å². The number of carbonyl (C=O) groups excluding carboxylic acids is 1. The molecule has 0 radical (unpaired) electrons. The van der Waals surface area contributed by atoms with Crippen molar-refractivity contribution in [3.05, 3.63) is 61.2 Å². The molecular formula is C31H35N9O2. The normalized spacial score (nSPS) is 13.0. The van der Waals surface area contributed by atoms with E-state index in [1.807, 2.05) is 45.7 Å². The van der Waals surface area contributed by atoms with E-state index in [9.17, 15) is 4.79 Å². The molecule has 11 heteroatoms. The van der Waals surface area contributed by atoms with Crippen LogP contribution in [0.4, 0.5) is 23.0 Å². The summed E-state index contributed by atoms with van der Waals surface area (Å²) >= 11 is 0. The van der Waals surface area contributed by atoms with E-state index in [1.165, 1.54) is 18.4 Å². The predicted molar refractivity (Wildman–Crippen MR) is 167 cm³/mol. The number of H-pyrrole nitrogens is 1. The lowest BCUT2D eigenvalue weighted by atomic mass is 10.0. The van der Waals surface area contributed by atoms with Crippen molar-refractivity contribution in [2.24, 2.45) is 0 Å². The first-order chi connectivity index (χ1) is 20.5. The first kappa shape index (κ1) is 27.3. The third kappa shape index (κ3) is 5.38. The average molecular weight is 566 g/mol. The lowest BCUT2D eigenvalue weighted by Gasteiger charge is -2.25. The molecule has 6 rings (SSSR count). The Labute approximate surface area is 244 Å². The number of hydrogen-bond acceptors (Lipinski definition) is 8. The summed E-state index contributed by atoms with van der Waals surface area (Å²) in [5, 5.41) is 14.4. The van der Waals surface area contributed by atoms with Crippen LogP contribution in [0, 0.1) is 0 Å². The second-order valence-corrected chi connectivity index (χ2v) is 10.8. The van der Waals surface area contributed by atoms with Gasteiger partial charge in [0.25, 0.3) is 0 Å². The van der Waals surface area contributed by atoms with Gasteiger partial charge in [-0.1, -0.05) is 18.2 Å². The summed E-state index contributed by atoms with van der Waals surface area (Å²) in [5.74, 6) is 1.01. The number of amides is 1. The highest BCUT2D eigenvalue weighted by Crippen LogP contribution is 2.43. The Bertz CT molecular complexity index is 1710. The molecule has 1 aliphatic carbocycles. The van der Waals surface area contributed by atoms with Gasteiger partial charge in [-0.3, -0.25) is 9.89 Å². The Morgan fingerprint density at radius 1 is 1.10 bits per heavy atom. The zero-order valence-corrected chi connectivity index (χ0v) is 24.3. The molecule has 3 aromatic heterocycles. The molecule has 0 aliphatic heterocycles. The van der Waals surface area contributed by atoms with E-state index in [-0.39, 0.29) is 0 Å². The van der Waals surface area contributed by atoms with Crippen molar-refractivity contribution < 1.29 is 9.53 Å². The number of nitrogens with zero attached hydrogens (tertiary/aromatic N) is 6. The van der Waals surface area contributed by atoms with Crippen LogP contribution < -0.4 is 20.3 Å². The Kier molecular flexibility index (Phi) is 7.49. The predicted octanol–water partition coefficient (Wildman–Crippen LogP) is 5.14. The Morgan fingerprint density at radius 3 is 2.64 bits per heavy atom. The number of fused-ring (bicyclic) bond motifs is 1. The highest BCUT2D eigenvalue weighted by atomic mass is 16.5. The summed E-state index contributed by atoms with van der Waals surface area (Å²) in [6.07, 6.45) is 10.7. The molecule has 0 unspecified atom stereocenters. The van der Waals surface area contributed by atoms with Crippen LogP contribution in [0.5, 0.6) is 5.75 Å². The molecule has 0 bridgehead atoms. The van der Waals surface area contributed by atoms with Gasteiger partial charge in [-0.2, -0.15) is 5.10 Å². The fraction of sp³-hybridized carbons (Fsp3) is 0.290. The quantitative estimate of drug-likeness (QED) is 0.178. The molecule has 1 saturated carbocycles. The van der Waals surface area contributed by atoms with Crippen molar-refractivity contribution >= 4 is 40.3 Å². The largest absolute Gasteiger partial charge is 0.494 e. The fourth-order valence-electron chi connectivity index (χ4n) is 5.23. The van der Waals surface area contributed by atoms with Gasteiger partial charge in [0.2, 0.25) is 12.4 Å². The molecule has 2 aromatic carbocycles. The molecule has 3 heterocycles. The number of aromatic nitrogens is 5. The van der Waals surface area contributed by atoms with Gasteiger partial charge in [0.05, 0.1) is 36.1 Å². The van der Waals surface area contributed by atoms with Crippen LogP contribution in [0.3, 0.4) is 0 Å². The van der Waals surface area contributed by atoms with Gasteiger partial charge < -0.3 is 29.7 Å². The number of ether oxygens (including phenoxy) is 1. The number of hydrogen-bond donors (Lipinski definition) is 3. The number of benzene rings is 2. The highest BCUT2D eigenvalue weighted by molar-refractivity contribution is 5.99. The summed E-state index contributed by atoms with van der Waals surface area (Å²) in [5.41, 5.74) is 6.94. The maximum absolute atomic E-state index is 11.5. The Morgan fingerprint density at radius 2 is 1.93 bits per heavy atom. The van der Waals surface area contributed by atoms with Gasteiger partial charge in [-0.25, -0.2) is 9.97 Å². The minimum absolute atomic E-state index is 0.407. The van der Waals surface area contributed by atoms with Crippen molar-refractivity contribution in [2.75, 3.05) is 56.9 Å². The standard InChI is InChI=1S/C31H35N9O2/c1-38(2)11-12-39(3)28-14-29(42-4)26(13-25(28)33-19-41)36-31-32-17-23(20-15-34-35-16-20)30(37-31)24-18-40(21-9-10-21)27-8-6-5-7-22(24)27/h5-8,13-19,21H,9-12H2,1-4H3,(H,33,41)(H,34,35)(H,32,36,37). The first-order valence-electron chi connectivity index (χ1n) is 14.0. The van der Waals surface area contributed by atoms with Gasteiger partial charge in [0, 0.05) is 78.4 Å². The highest BCUT2D eigenvalue weighted by Gasteiger charge is 2.27. The zero-order valence-electron chi connectivity index (χ0n) is 24.3. The molecule has 0 atom stereocenters. The third-order valence-electron chi connectivity index (χ3n) is 7.61. The lowest BCUT2D eigenvalue weighted by molar-refractivity contribution is -0.105. The van der Waals surface area contributed by atoms with Crippen LogP contribution in [-0.4, -0.2) is 77.4 Å². The second-order valence-electron chi connectivity index (χ2n) is 10.8. The van der Waals surface area contributed by atoms with Crippen molar-refractivity contribution in [3.63, 3.8) is 0 Å². The smallest absolute Gasteiger partial charge is 0.227 e. The number of anilines is 4. The van der Waals surface area contributed by atoms with Crippen molar-refractivity contribution in [3.8, 4) is 28.1 Å². The summed E-state index contributed by atoms with van der Waals surface area (Å²) in [4.78, 5) is 25.5. The average Bonchev–Trinajstić information content (AvgIpc) is 3.54. The van der Waals surface area contributed by atoms with E-state index in [2.05, 4.69) is 70.6 Å². The molecule has 1 aliphatic rings. The molecule has 5 aromatic rings. The molecule has 1 amide bonds.